The number of thioether (sulfide) groups is 1. The third kappa shape index (κ3) is 3.36. The summed E-state index contributed by atoms with van der Waals surface area (Å²) in [5, 5.41) is 17.8. The van der Waals surface area contributed by atoms with E-state index in [1.165, 1.54) is 18.4 Å². The van der Waals surface area contributed by atoms with E-state index in [4.69, 9.17) is 4.42 Å². The van der Waals surface area contributed by atoms with Gasteiger partial charge in [0.15, 0.2) is 5.16 Å². The average molecular weight is 341 g/mol. The Morgan fingerprint density at radius 2 is 1.88 bits per heavy atom. The van der Waals surface area contributed by atoms with Crippen LogP contribution in [0.5, 0.6) is 0 Å². The molecule has 0 bridgehead atoms. The second-order valence-corrected chi connectivity index (χ2v) is 6.86. The summed E-state index contributed by atoms with van der Waals surface area (Å²) in [4.78, 5) is 0. The minimum Gasteiger partial charge on any atom is -0.424 e. The lowest BCUT2D eigenvalue weighted by Crippen LogP contribution is -2.06. The third-order valence-corrected chi connectivity index (χ3v) is 4.96. The van der Waals surface area contributed by atoms with Crippen molar-refractivity contribution in [2.45, 2.75) is 49.6 Å². The summed E-state index contributed by atoms with van der Waals surface area (Å²) in [7, 11) is 0. The Hall–Kier alpha value is -2.15. The van der Waals surface area contributed by atoms with E-state index in [0.29, 0.717) is 23.5 Å². The van der Waals surface area contributed by atoms with Crippen molar-refractivity contribution in [3.05, 3.63) is 53.5 Å². The summed E-state index contributed by atoms with van der Waals surface area (Å²) in [6, 6.07) is 10.4. The first kappa shape index (κ1) is 15.4. The molecule has 1 aliphatic carbocycles. The van der Waals surface area contributed by atoms with Gasteiger partial charge in [0, 0.05) is 12.3 Å². The van der Waals surface area contributed by atoms with Crippen LogP contribution in [-0.2, 0) is 18.7 Å². The molecule has 2 aromatic heterocycles. The smallest absolute Gasteiger partial charge is 0.226 e. The van der Waals surface area contributed by atoms with Gasteiger partial charge in [-0.15, -0.1) is 20.4 Å². The zero-order valence-corrected chi connectivity index (χ0v) is 14.4. The van der Waals surface area contributed by atoms with Crippen molar-refractivity contribution in [2.24, 2.45) is 0 Å². The summed E-state index contributed by atoms with van der Waals surface area (Å²) in [5.74, 6) is 3.59. The molecule has 24 heavy (non-hydrogen) atoms. The molecule has 0 aliphatic heterocycles. The van der Waals surface area contributed by atoms with Crippen molar-refractivity contribution >= 4 is 11.8 Å². The Balaban J connectivity index is 1.53. The van der Waals surface area contributed by atoms with Crippen LogP contribution in [0.4, 0.5) is 0 Å². The van der Waals surface area contributed by atoms with E-state index in [1.54, 1.807) is 11.8 Å². The third-order valence-electron chi connectivity index (χ3n) is 4.01. The largest absolute Gasteiger partial charge is 0.424 e. The topological polar surface area (TPSA) is 69.6 Å². The second kappa shape index (κ2) is 6.76. The number of nitrogens with zero attached hydrogens (tertiary/aromatic N) is 5. The molecule has 3 aromatic rings. The van der Waals surface area contributed by atoms with Crippen LogP contribution in [-0.4, -0.2) is 25.0 Å². The number of hydrogen-bond donors (Lipinski definition) is 0. The molecule has 1 saturated carbocycles. The Morgan fingerprint density at radius 1 is 1.08 bits per heavy atom. The van der Waals surface area contributed by atoms with Crippen molar-refractivity contribution in [1.82, 2.24) is 25.0 Å². The van der Waals surface area contributed by atoms with E-state index >= 15 is 0 Å². The molecule has 0 N–H and O–H groups in total. The number of aryl methyl sites for hydroxylation is 1. The minimum atomic E-state index is 0.561. The molecule has 1 aliphatic rings. The zero-order chi connectivity index (χ0) is 16.4. The number of aromatic nitrogens is 5. The van der Waals surface area contributed by atoms with Crippen molar-refractivity contribution in [1.29, 1.82) is 0 Å². The monoisotopic (exact) mass is 341 g/mol. The van der Waals surface area contributed by atoms with Gasteiger partial charge >= 0.3 is 0 Å². The highest BCUT2D eigenvalue weighted by Gasteiger charge is 2.30. The average Bonchev–Trinajstić information content (AvgIpc) is 3.22. The van der Waals surface area contributed by atoms with E-state index in [9.17, 15) is 0 Å². The zero-order valence-electron chi connectivity index (χ0n) is 13.6. The maximum Gasteiger partial charge on any atom is 0.226 e. The van der Waals surface area contributed by atoms with Gasteiger partial charge < -0.3 is 8.98 Å². The van der Waals surface area contributed by atoms with Crippen LogP contribution in [0.25, 0.3) is 0 Å². The lowest BCUT2D eigenvalue weighted by atomic mass is 10.2. The first-order valence-electron chi connectivity index (χ1n) is 8.24. The predicted molar refractivity (Wildman–Crippen MR) is 90.8 cm³/mol. The maximum absolute atomic E-state index is 5.58. The van der Waals surface area contributed by atoms with Crippen LogP contribution in [0.15, 0.2) is 39.9 Å². The molecule has 0 radical (unpaired) electrons. The van der Waals surface area contributed by atoms with Crippen LogP contribution in [0, 0.1) is 0 Å². The molecule has 0 amide bonds. The molecule has 6 nitrogen and oxygen atoms in total. The van der Waals surface area contributed by atoms with Crippen LogP contribution >= 0.6 is 11.8 Å². The first-order chi connectivity index (χ1) is 11.8. The Kier molecular flexibility index (Phi) is 4.34. The van der Waals surface area contributed by atoms with Crippen molar-refractivity contribution in [3.63, 3.8) is 0 Å². The predicted octanol–water partition coefficient (Wildman–Crippen LogP) is 3.44. The molecule has 4 rings (SSSR count). The van der Waals surface area contributed by atoms with Gasteiger partial charge in [-0.1, -0.05) is 49.0 Å². The summed E-state index contributed by atoms with van der Waals surface area (Å²) in [6.45, 7) is 2.80. The Labute approximate surface area is 144 Å². The van der Waals surface area contributed by atoms with Gasteiger partial charge in [0.2, 0.25) is 11.8 Å². The van der Waals surface area contributed by atoms with Crippen molar-refractivity contribution in [2.75, 3.05) is 0 Å². The van der Waals surface area contributed by atoms with Crippen LogP contribution < -0.4 is 0 Å². The van der Waals surface area contributed by atoms with Crippen molar-refractivity contribution in [3.8, 4) is 0 Å². The second-order valence-electron chi connectivity index (χ2n) is 5.92. The fraction of sp³-hybridized carbons (Fsp3) is 0.412. The standard InChI is InChI=1S/C17H19N5OS/c1-2-14-18-19-15(23-14)11-24-17-21-20-16(13-8-9-13)22(17)10-12-6-4-3-5-7-12/h3-7,13H,2,8-11H2,1H3. The lowest BCUT2D eigenvalue weighted by Gasteiger charge is -2.09. The fourth-order valence-corrected chi connectivity index (χ4v) is 3.36. The molecule has 1 fully saturated rings. The van der Waals surface area contributed by atoms with E-state index in [0.717, 1.165) is 23.9 Å². The highest BCUT2D eigenvalue weighted by atomic mass is 32.2. The van der Waals surface area contributed by atoms with E-state index in [1.807, 2.05) is 13.0 Å². The quantitative estimate of drug-likeness (QED) is 0.613. The fourth-order valence-electron chi connectivity index (χ4n) is 2.58. The number of rotatable bonds is 7. The SMILES string of the molecule is CCc1nnc(CSc2nnc(C3CC3)n2Cc2ccccc2)o1. The van der Waals surface area contributed by atoms with Gasteiger partial charge in [0.25, 0.3) is 0 Å². The first-order valence-corrected chi connectivity index (χ1v) is 9.23. The minimum absolute atomic E-state index is 0.561. The summed E-state index contributed by atoms with van der Waals surface area (Å²) < 4.78 is 7.81. The molecular weight excluding hydrogens is 322 g/mol. The maximum atomic E-state index is 5.58. The molecule has 0 atom stereocenters. The molecule has 2 heterocycles. The Morgan fingerprint density at radius 3 is 2.58 bits per heavy atom. The van der Waals surface area contributed by atoms with Gasteiger partial charge in [-0.2, -0.15) is 0 Å². The van der Waals surface area contributed by atoms with Gasteiger partial charge in [-0.3, -0.25) is 0 Å². The van der Waals surface area contributed by atoms with Crippen LogP contribution in [0.1, 0.15) is 48.9 Å². The molecule has 0 unspecified atom stereocenters. The summed E-state index contributed by atoms with van der Waals surface area (Å²) >= 11 is 1.60. The van der Waals surface area contributed by atoms with E-state index in [-0.39, 0.29) is 0 Å². The molecule has 0 spiro atoms. The molecule has 1 aromatic carbocycles. The molecule has 124 valence electrons. The highest BCUT2D eigenvalue weighted by Crippen LogP contribution is 2.40. The molecular formula is C17H19N5OS. The van der Waals surface area contributed by atoms with E-state index in [2.05, 4.69) is 49.2 Å². The van der Waals surface area contributed by atoms with Crippen LogP contribution in [0.3, 0.4) is 0 Å². The highest BCUT2D eigenvalue weighted by molar-refractivity contribution is 7.98. The number of benzene rings is 1. The Bertz CT molecular complexity index is 810. The normalized spacial score (nSPS) is 14.2. The van der Waals surface area contributed by atoms with Crippen LogP contribution in [0.2, 0.25) is 0 Å². The van der Waals surface area contributed by atoms with Gasteiger partial charge in [-0.25, -0.2) is 0 Å². The molecule has 0 saturated heterocycles. The van der Waals surface area contributed by atoms with Gasteiger partial charge in [0.1, 0.15) is 5.82 Å². The number of hydrogen-bond acceptors (Lipinski definition) is 6. The lowest BCUT2D eigenvalue weighted by molar-refractivity contribution is 0.469. The van der Waals surface area contributed by atoms with Crippen molar-refractivity contribution < 1.29 is 4.42 Å². The van der Waals surface area contributed by atoms with Gasteiger partial charge in [0.05, 0.1) is 12.3 Å². The molecule has 7 heteroatoms. The summed E-state index contributed by atoms with van der Waals surface area (Å²) in [5.41, 5.74) is 1.26. The summed E-state index contributed by atoms with van der Waals surface area (Å²) in [6.07, 6.45) is 3.18. The van der Waals surface area contributed by atoms with Gasteiger partial charge in [-0.05, 0) is 18.4 Å². The van der Waals surface area contributed by atoms with E-state index < -0.39 is 0 Å².